The molecular formula is C16H15ClO. The van der Waals surface area contributed by atoms with E-state index in [4.69, 9.17) is 11.6 Å². The number of hydrogen-bond donors (Lipinski definition) is 0. The molecule has 0 aliphatic heterocycles. The average Bonchev–Trinajstić information content (AvgIpc) is 2.54. The lowest BCUT2D eigenvalue weighted by molar-refractivity contribution is 0.867. The highest BCUT2D eigenvalue weighted by molar-refractivity contribution is 6.34. The first-order valence-electron chi connectivity index (χ1n) is 5.99. The SMILES string of the molecule is CC(C)c1cccc(-c2cccccc2=O)c1Cl. The summed E-state index contributed by atoms with van der Waals surface area (Å²) in [4.78, 5) is 12.0. The lowest BCUT2D eigenvalue weighted by atomic mass is 9.97. The molecule has 0 atom stereocenters. The quantitative estimate of drug-likeness (QED) is 0.776. The van der Waals surface area contributed by atoms with Crippen molar-refractivity contribution in [1.29, 1.82) is 0 Å². The maximum Gasteiger partial charge on any atom is 0.186 e. The second kappa shape index (κ2) is 5.36. The van der Waals surface area contributed by atoms with Crippen LogP contribution in [0.1, 0.15) is 25.3 Å². The molecule has 18 heavy (non-hydrogen) atoms. The Hall–Kier alpha value is -1.60. The Morgan fingerprint density at radius 3 is 2.28 bits per heavy atom. The minimum atomic E-state index is -0.0113. The Balaban J connectivity index is 2.70. The summed E-state index contributed by atoms with van der Waals surface area (Å²) in [6.07, 6.45) is 0. The zero-order chi connectivity index (χ0) is 13.1. The van der Waals surface area contributed by atoms with Crippen molar-refractivity contribution in [1.82, 2.24) is 0 Å². The molecule has 2 heteroatoms. The van der Waals surface area contributed by atoms with Gasteiger partial charge in [-0.2, -0.15) is 0 Å². The zero-order valence-electron chi connectivity index (χ0n) is 10.5. The van der Waals surface area contributed by atoms with E-state index < -0.39 is 0 Å². The van der Waals surface area contributed by atoms with Crippen molar-refractivity contribution in [3.05, 3.63) is 69.3 Å². The normalized spacial score (nSPS) is 10.7. The molecule has 2 rings (SSSR count). The maximum atomic E-state index is 12.0. The lowest BCUT2D eigenvalue weighted by Crippen LogP contribution is -2.00. The lowest BCUT2D eigenvalue weighted by Gasteiger charge is -2.11. The predicted octanol–water partition coefficient (Wildman–Crippen LogP) is 4.49. The van der Waals surface area contributed by atoms with Crippen molar-refractivity contribution < 1.29 is 0 Å². The average molecular weight is 259 g/mol. The van der Waals surface area contributed by atoms with Crippen molar-refractivity contribution in [2.75, 3.05) is 0 Å². The third-order valence-corrected chi connectivity index (χ3v) is 3.36. The van der Waals surface area contributed by atoms with Crippen LogP contribution in [0, 0.1) is 0 Å². The monoisotopic (exact) mass is 258 g/mol. The third-order valence-electron chi connectivity index (χ3n) is 2.94. The van der Waals surface area contributed by atoms with Gasteiger partial charge in [0.1, 0.15) is 0 Å². The molecular weight excluding hydrogens is 244 g/mol. The molecule has 0 saturated carbocycles. The molecule has 0 aromatic heterocycles. The van der Waals surface area contributed by atoms with E-state index in [0.717, 1.165) is 11.1 Å². The van der Waals surface area contributed by atoms with Crippen LogP contribution >= 0.6 is 11.6 Å². The highest BCUT2D eigenvalue weighted by atomic mass is 35.5. The van der Waals surface area contributed by atoms with Crippen LogP contribution in [0.4, 0.5) is 0 Å². The molecule has 0 radical (unpaired) electrons. The van der Waals surface area contributed by atoms with E-state index in [1.165, 1.54) is 0 Å². The Kier molecular flexibility index (Phi) is 3.83. The topological polar surface area (TPSA) is 17.1 Å². The fraction of sp³-hybridized carbons (Fsp3) is 0.188. The summed E-state index contributed by atoms with van der Waals surface area (Å²) in [5.41, 5.74) is 2.51. The van der Waals surface area contributed by atoms with Crippen LogP contribution in [0.2, 0.25) is 5.02 Å². The molecule has 0 aliphatic carbocycles. The van der Waals surface area contributed by atoms with Crippen LogP contribution in [-0.4, -0.2) is 0 Å². The van der Waals surface area contributed by atoms with Gasteiger partial charge in [-0.1, -0.05) is 67.9 Å². The number of rotatable bonds is 2. The highest BCUT2D eigenvalue weighted by Crippen LogP contribution is 2.32. The predicted molar refractivity (Wildman–Crippen MR) is 77.2 cm³/mol. The van der Waals surface area contributed by atoms with Gasteiger partial charge in [0.2, 0.25) is 0 Å². The van der Waals surface area contributed by atoms with Gasteiger partial charge in [0.05, 0.1) is 5.02 Å². The van der Waals surface area contributed by atoms with Gasteiger partial charge < -0.3 is 0 Å². The third kappa shape index (κ3) is 2.46. The first kappa shape index (κ1) is 12.8. The molecule has 1 nitrogen and oxygen atoms in total. The molecule has 2 aromatic carbocycles. The van der Waals surface area contributed by atoms with Gasteiger partial charge in [0.25, 0.3) is 0 Å². The molecule has 0 aliphatic rings. The Bertz CT molecular complexity index is 617. The van der Waals surface area contributed by atoms with Crippen LogP contribution in [0.25, 0.3) is 11.1 Å². The van der Waals surface area contributed by atoms with Crippen molar-refractivity contribution in [2.45, 2.75) is 19.8 Å². The summed E-state index contributed by atoms with van der Waals surface area (Å²) < 4.78 is 0. The summed E-state index contributed by atoms with van der Waals surface area (Å²) >= 11 is 6.41. The number of halogens is 1. The van der Waals surface area contributed by atoms with Crippen LogP contribution in [-0.2, 0) is 0 Å². The van der Waals surface area contributed by atoms with Crippen LogP contribution in [0.5, 0.6) is 0 Å². The minimum absolute atomic E-state index is 0.0113. The summed E-state index contributed by atoms with van der Waals surface area (Å²) in [5.74, 6) is 0.338. The van der Waals surface area contributed by atoms with Gasteiger partial charge in [-0.05, 0) is 17.5 Å². The van der Waals surface area contributed by atoms with E-state index in [2.05, 4.69) is 13.8 Å². The van der Waals surface area contributed by atoms with E-state index >= 15 is 0 Å². The molecule has 0 unspecified atom stereocenters. The van der Waals surface area contributed by atoms with E-state index in [0.29, 0.717) is 16.5 Å². The van der Waals surface area contributed by atoms with Gasteiger partial charge >= 0.3 is 0 Å². The van der Waals surface area contributed by atoms with Crippen LogP contribution in [0.3, 0.4) is 0 Å². The minimum Gasteiger partial charge on any atom is -0.289 e. The fourth-order valence-corrected chi connectivity index (χ4v) is 2.40. The summed E-state index contributed by atoms with van der Waals surface area (Å²) in [7, 11) is 0. The summed E-state index contributed by atoms with van der Waals surface area (Å²) in [6.45, 7) is 4.18. The van der Waals surface area contributed by atoms with Crippen LogP contribution < -0.4 is 5.43 Å². The van der Waals surface area contributed by atoms with Crippen molar-refractivity contribution in [2.24, 2.45) is 0 Å². The van der Waals surface area contributed by atoms with E-state index in [9.17, 15) is 4.79 Å². The second-order valence-corrected chi connectivity index (χ2v) is 4.93. The Labute approximate surface area is 112 Å². The Morgan fingerprint density at radius 1 is 0.889 bits per heavy atom. The van der Waals surface area contributed by atoms with Gasteiger partial charge in [-0.3, -0.25) is 4.79 Å². The standard InChI is InChI=1S/C16H15ClO/c1-11(2)12-8-6-9-14(16(12)17)13-7-4-3-5-10-15(13)18/h3-11H,1-2H3. The first-order chi connectivity index (χ1) is 8.61. The van der Waals surface area contributed by atoms with E-state index in [1.54, 1.807) is 12.1 Å². The zero-order valence-corrected chi connectivity index (χ0v) is 11.2. The second-order valence-electron chi connectivity index (χ2n) is 4.55. The van der Waals surface area contributed by atoms with E-state index in [-0.39, 0.29) is 5.43 Å². The van der Waals surface area contributed by atoms with Gasteiger partial charge in [0, 0.05) is 11.1 Å². The number of benzene rings is 1. The number of hydrogen-bond acceptors (Lipinski definition) is 1. The van der Waals surface area contributed by atoms with Gasteiger partial charge in [-0.15, -0.1) is 0 Å². The Morgan fingerprint density at radius 2 is 1.56 bits per heavy atom. The molecule has 0 fully saturated rings. The molecule has 0 saturated heterocycles. The molecule has 0 spiro atoms. The van der Waals surface area contributed by atoms with Crippen molar-refractivity contribution >= 4 is 11.6 Å². The van der Waals surface area contributed by atoms with Crippen molar-refractivity contribution in [3.8, 4) is 11.1 Å². The van der Waals surface area contributed by atoms with Gasteiger partial charge in [0.15, 0.2) is 5.43 Å². The summed E-state index contributed by atoms with van der Waals surface area (Å²) in [5, 5.41) is 0.677. The highest BCUT2D eigenvalue weighted by Gasteiger charge is 2.11. The van der Waals surface area contributed by atoms with Crippen LogP contribution in [0.15, 0.2) is 53.3 Å². The molecule has 0 bridgehead atoms. The summed E-state index contributed by atoms with van der Waals surface area (Å²) in [6, 6.07) is 14.7. The molecule has 0 amide bonds. The first-order valence-corrected chi connectivity index (χ1v) is 6.37. The molecule has 0 heterocycles. The largest absolute Gasteiger partial charge is 0.289 e. The molecule has 2 aromatic rings. The molecule has 0 N–H and O–H groups in total. The smallest absolute Gasteiger partial charge is 0.186 e. The molecule has 92 valence electrons. The fourth-order valence-electron chi connectivity index (χ4n) is 1.96. The van der Waals surface area contributed by atoms with E-state index in [1.807, 2.05) is 36.4 Å². The maximum absolute atomic E-state index is 12.0. The van der Waals surface area contributed by atoms with Crippen molar-refractivity contribution in [3.63, 3.8) is 0 Å². The van der Waals surface area contributed by atoms with Gasteiger partial charge in [-0.25, -0.2) is 0 Å².